The van der Waals surface area contributed by atoms with Gasteiger partial charge in [0.05, 0.1) is 19.5 Å². The molecule has 160 valence electrons. The minimum atomic E-state index is 0.344. The fourth-order valence-electron chi connectivity index (χ4n) is 3.44. The quantitative estimate of drug-likeness (QED) is 0.225. The molecule has 0 fully saturated rings. The summed E-state index contributed by atoms with van der Waals surface area (Å²) >= 11 is 1.04. The van der Waals surface area contributed by atoms with E-state index in [4.69, 9.17) is 4.18 Å². The van der Waals surface area contributed by atoms with E-state index in [0.29, 0.717) is 11.9 Å². The Hall–Kier alpha value is -2.97. The van der Waals surface area contributed by atoms with Gasteiger partial charge >= 0.3 is 0 Å². The summed E-state index contributed by atoms with van der Waals surface area (Å²) in [6, 6.07) is 8.55. The standard InChI is InChI=1S/C23H26N6OS/c1-17(6-5-9-31-30-3)29-16-22(14-27-29)20-11-24-23(25-12-20)19-8-4-7-18(10-19)21-13-26-28(2)15-21/h4,7-8,10-17H,5-6,9H2,1-3H3/p+1. The van der Waals surface area contributed by atoms with Crippen LogP contribution in [0.1, 0.15) is 25.8 Å². The first-order valence-electron chi connectivity index (χ1n) is 10.3. The minimum absolute atomic E-state index is 0.344. The maximum atomic E-state index is 5.09. The fraction of sp³-hybridized carbons (Fsp3) is 0.304. The highest BCUT2D eigenvalue weighted by Crippen LogP contribution is 2.25. The number of aryl methyl sites for hydroxylation is 1. The van der Waals surface area contributed by atoms with E-state index < -0.39 is 0 Å². The van der Waals surface area contributed by atoms with E-state index in [1.165, 1.54) is 0 Å². The molecule has 0 aliphatic carbocycles. The van der Waals surface area contributed by atoms with Crippen LogP contribution in [-0.2, 0) is 23.3 Å². The summed E-state index contributed by atoms with van der Waals surface area (Å²) in [5, 5.41) is 8.79. The molecule has 4 rings (SSSR count). The monoisotopic (exact) mass is 435 g/mol. The lowest BCUT2D eigenvalue weighted by Gasteiger charge is -2.10. The van der Waals surface area contributed by atoms with Crippen LogP contribution in [0.5, 0.6) is 0 Å². The van der Waals surface area contributed by atoms with E-state index in [9.17, 15) is 0 Å². The molecule has 3 heterocycles. The highest BCUT2D eigenvalue weighted by atomic mass is 32.2. The highest BCUT2D eigenvalue weighted by Gasteiger charge is 2.11. The molecule has 0 aliphatic heterocycles. The third-order valence-electron chi connectivity index (χ3n) is 5.20. The van der Waals surface area contributed by atoms with Crippen LogP contribution in [0.4, 0.5) is 0 Å². The number of thiol groups is 1. The molecule has 1 atom stereocenters. The normalized spacial score (nSPS) is 12.2. The van der Waals surface area contributed by atoms with Gasteiger partial charge in [-0.2, -0.15) is 14.4 Å². The van der Waals surface area contributed by atoms with E-state index in [-0.39, 0.29) is 0 Å². The molecule has 1 aromatic carbocycles. The lowest BCUT2D eigenvalue weighted by atomic mass is 10.1. The first-order chi connectivity index (χ1) is 15.1. The Balaban J connectivity index is 1.46. The lowest BCUT2D eigenvalue weighted by Crippen LogP contribution is -2.06. The Morgan fingerprint density at radius 2 is 1.68 bits per heavy atom. The summed E-state index contributed by atoms with van der Waals surface area (Å²) in [7, 11) is 3.65. The summed E-state index contributed by atoms with van der Waals surface area (Å²) < 4.78 is 8.91. The summed E-state index contributed by atoms with van der Waals surface area (Å²) in [6.45, 7) is 2.19. The Bertz CT molecular complexity index is 1120. The molecular formula is C23H27N6OS+. The third-order valence-corrected chi connectivity index (χ3v) is 5.95. The van der Waals surface area contributed by atoms with Gasteiger partial charge in [-0.05, 0) is 31.4 Å². The average molecular weight is 436 g/mol. The van der Waals surface area contributed by atoms with Gasteiger partial charge < -0.3 is 0 Å². The van der Waals surface area contributed by atoms with Crippen LogP contribution in [0.25, 0.3) is 33.6 Å². The average Bonchev–Trinajstić information content (AvgIpc) is 3.46. The van der Waals surface area contributed by atoms with Crippen molar-refractivity contribution in [1.29, 1.82) is 0 Å². The molecule has 0 bridgehead atoms. The van der Waals surface area contributed by atoms with Gasteiger partial charge in [0.2, 0.25) is 0 Å². The van der Waals surface area contributed by atoms with Crippen molar-refractivity contribution in [1.82, 2.24) is 29.5 Å². The molecular weight excluding hydrogens is 408 g/mol. The van der Waals surface area contributed by atoms with Crippen LogP contribution in [0.2, 0.25) is 0 Å². The van der Waals surface area contributed by atoms with Crippen molar-refractivity contribution in [3.8, 4) is 33.6 Å². The van der Waals surface area contributed by atoms with Crippen LogP contribution in [0.3, 0.4) is 0 Å². The Morgan fingerprint density at radius 3 is 2.42 bits per heavy atom. The number of nitrogens with zero attached hydrogens (tertiary/aromatic N) is 6. The van der Waals surface area contributed by atoms with Crippen LogP contribution in [0.15, 0.2) is 61.4 Å². The molecule has 3 aromatic heterocycles. The molecule has 0 radical (unpaired) electrons. The smallest absolute Gasteiger partial charge is 0.159 e. The molecule has 0 spiro atoms. The van der Waals surface area contributed by atoms with Crippen molar-refractivity contribution in [3.63, 3.8) is 0 Å². The van der Waals surface area contributed by atoms with E-state index in [1.54, 1.807) is 11.8 Å². The molecule has 0 saturated carbocycles. The lowest BCUT2D eigenvalue weighted by molar-refractivity contribution is 0.450. The molecule has 0 N–H and O–H groups in total. The first-order valence-corrected chi connectivity index (χ1v) is 11.3. The SMILES string of the molecule is CO[SH+]CCCC(C)n1cc(-c2cnc(-c3cccc(-c4cnn(C)c4)c3)nc2)cn1. The molecule has 0 saturated heterocycles. The first kappa shape index (κ1) is 21.3. The van der Waals surface area contributed by atoms with Gasteiger partial charge in [0.15, 0.2) is 5.82 Å². The largest absolute Gasteiger partial charge is 0.275 e. The molecule has 8 heteroatoms. The fourth-order valence-corrected chi connectivity index (χ4v) is 3.93. The van der Waals surface area contributed by atoms with Gasteiger partial charge in [-0.1, -0.05) is 18.2 Å². The summed E-state index contributed by atoms with van der Waals surface area (Å²) in [5.41, 5.74) is 5.14. The van der Waals surface area contributed by atoms with Crippen molar-refractivity contribution in [2.75, 3.05) is 12.9 Å². The van der Waals surface area contributed by atoms with Gasteiger partial charge in [0.1, 0.15) is 17.8 Å². The zero-order chi connectivity index (χ0) is 21.6. The third kappa shape index (κ3) is 5.21. The predicted octanol–water partition coefficient (Wildman–Crippen LogP) is 4.13. The number of hydrogen-bond acceptors (Lipinski definition) is 5. The zero-order valence-corrected chi connectivity index (χ0v) is 18.9. The number of hydrogen-bond donors (Lipinski definition) is 0. The van der Waals surface area contributed by atoms with Crippen molar-refractivity contribution in [3.05, 3.63) is 61.4 Å². The Morgan fingerprint density at radius 1 is 0.935 bits per heavy atom. The maximum absolute atomic E-state index is 5.09. The molecule has 4 aromatic rings. The Labute approximate surface area is 186 Å². The van der Waals surface area contributed by atoms with E-state index in [0.717, 1.165) is 58.5 Å². The second-order valence-corrected chi connectivity index (χ2v) is 8.58. The van der Waals surface area contributed by atoms with E-state index >= 15 is 0 Å². The van der Waals surface area contributed by atoms with Crippen molar-refractivity contribution < 1.29 is 4.18 Å². The molecule has 7 nitrogen and oxygen atoms in total. The van der Waals surface area contributed by atoms with Gasteiger partial charge in [0.25, 0.3) is 0 Å². The van der Waals surface area contributed by atoms with Gasteiger partial charge in [-0.25, -0.2) is 9.97 Å². The van der Waals surface area contributed by atoms with Crippen molar-refractivity contribution >= 4 is 12.0 Å². The molecule has 1 unspecified atom stereocenters. The second kappa shape index (κ2) is 9.89. The zero-order valence-electron chi connectivity index (χ0n) is 18.0. The van der Waals surface area contributed by atoms with Crippen molar-refractivity contribution in [2.45, 2.75) is 25.8 Å². The van der Waals surface area contributed by atoms with E-state index in [2.05, 4.69) is 45.4 Å². The van der Waals surface area contributed by atoms with Crippen molar-refractivity contribution in [2.24, 2.45) is 7.05 Å². The topological polar surface area (TPSA) is 70.7 Å². The van der Waals surface area contributed by atoms with Crippen LogP contribution < -0.4 is 0 Å². The number of benzene rings is 1. The van der Waals surface area contributed by atoms with Crippen LogP contribution in [0, 0.1) is 0 Å². The number of aromatic nitrogens is 6. The van der Waals surface area contributed by atoms with Gasteiger partial charge in [-0.15, -0.1) is 0 Å². The summed E-state index contributed by atoms with van der Waals surface area (Å²) in [5.74, 6) is 1.75. The predicted molar refractivity (Wildman–Crippen MR) is 125 cm³/mol. The molecule has 31 heavy (non-hydrogen) atoms. The van der Waals surface area contributed by atoms with Crippen LogP contribution >= 0.6 is 0 Å². The second-order valence-electron chi connectivity index (χ2n) is 7.51. The summed E-state index contributed by atoms with van der Waals surface area (Å²) in [6.07, 6.45) is 13.7. The molecule has 0 amide bonds. The van der Waals surface area contributed by atoms with Crippen LogP contribution in [-0.4, -0.2) is 42.4 Å². The van der Waals surface area contributed by atoms with Gasteiger partial charge in [0, 0.05) is 60.1 Å². The van der Waals surface area contributed by atoms with Gasteiger partial charge in [-0.3, -0.25) is 9.36 Å². The Kier molecular flexibility index (Phi) is 6.79. The van der Waals surface area contributed by atoms with E-state index in [1.807, 2.05) is 54.8 Å². The molecule has 0 aliphatic rings. The minimum Gasteiger partial charge on any atom is -0.275 e. The summed E-state index contributed by atoms with van der Waals surface area (Å²) in [4.78, 5) is 9.21. The highest BCUT2D eigenvalue weighted by molar-refractivity contribution is 7.73. The number of rotatable bonds is 9. The maximum Gasteiger partial charge on any atom is 0.159 e.